The molecular formula is C15H16N4OS. The third-order valence-electron chi connectivity index (χ3n) is 4.17. The Kier molecular flexibility index (Phi) is 3.03. The number of amides is 1. The molecule has 4 heterocycles. The Hall–Kier alpha value is -2.08. The minimum atomic E-state index is 0.113. The molecule has 0 bridgehead atoms. The van der Waals surface area contributed by atoms with Crippen molar-refractivity contribution >= 4 is 27.5 Å². The summed E-state index contributed by atoms with van der Waals surface area (Å²) in [5.41, 5.74) is 1.76. The maximum atomic E-state index is 12.5. The van der Waals surface area contributed by atoms with Gasteiger partial charge in [0.1, 0.15) is 5.69 Å². The fourth-order valence-electron chi connectivity index (χ4n) is 2.99. The molecule has 5 nitrogen and oxygen atoms in total. The van der Waals surface area contributed by atoms with Crippen LogP contribution in [0.15, 0.2) is 36.2 Å². The van der Waals surface area contributed by atoms with E-state index in [-0.39, 0.29) is 5.91 Å². The van der Waals surface area contributed by atoms with Gasteiger partial charge in [0.15, 0.2) is 0 Å². The van der Waals surface area contributed by atoms with E-state index < -0.39 is 0 Å². The van der Waals surface area contributed by atoms with Crippen LogP contribution in [-0.2, 0) is 0 Å². The zero-order valence-electron chi connectivity index (χ0n) is 11.5. The van der Waals surface area contributed by atoms with Gasteiger partial charge in [-0.25, -0.2) is 4.98 Å². The van der Waals surface area contributed by atoms with E-state index >= 15 is 0 Å². The summed E-state index contributed by atoms with van der Waals surface area (Å²) in [6, 6.07) is 4.44. The SMILES string of the molecule is O=C(c1cc2sccc2[nH]1)N1CCC(n2ccnc2)CC1. The van der Waals surface area contributed by atoms with Crippen molar-refractivity contribution in [2.24, 2.45) is 0 Å². The van der Waals surface area contributed by atoms with Crippen LogP contribution in [0.25, 0.3) is 10.2 Å². The van der Waals surface area contributed by atoms with Crippen LogP contribution in [0, 0.1) is 0 Å². The maximum absolute atomic E-state index is 12.5. The first-order valence-corrected chi connectivity index (χ1v) is 8.02. The second-order valence-corrected chi connectivity index (χ2v) is 6.36. The van der Waals surface area contributed by atoms with Crippen LogP contribution < -0.4 is 0 Å². The molecule has 0 saturated carbocycles. The molecule has 0 radical (unpaired) electrons. The number of H-pyrrole nitrogens is 1. The summed E-state index contributed by atoms with van der Waals surface area (Å²) >= 11 is 1.66. The standard InChI is InChI=1S/C15H16N4OS/c20-15(13-9-14-12(17-13)3-8-21-14)18-5-1-11(2-6-18)19-7-4-16-10-19/h3-4,7-11,17H,1-2,5-6H2. The summed E-state index contributed by atoms with van der Waals surface area (Å²) in [5, 5.41) is 2.03. The number of hydrogen-bond acceptors (Lipinski definition) is 3. The number of piperidine rings is 1. The third kappa shape index (κ3) is 2.25. The van der Waals surface area contributed by atoms with Crippen LogP contribution in [-0.4, -0.2) is 38.4 Å². The van der Waals surface area contributed by atoms with E-state index in [0.717, 1.165) is 36.1 Å². The van der Waals surface area contributed by atoms with Crippen molar-refractivity contribution in [1.29, 1.82) is 0 Å². The van der Waals surface area contributed by atoms with Crippen LogP contribution >= 0.6 is 11.3 Å². The van der Waals surface area contributed by atoms with Gasteiger partial charge in [-0.05, 0) is 30.4 Å². The van der Waals surface area contributed by atoms with Crippen LogP contribution in [0.5, 0.6) is 0 Å². The first-order chi connectivity index (χ1) is 10.3. The Bertz CT molecular complexity index is 721. The lowest BCUT2D eigenvalue weighted by molar-refractivity contribution is 0.0689. The van der Waals surface area contributed by atoms with E-state index in [2.05, 4.69) is 14.5 Å². The molecule has 1 saturated heterocycles. The van der Waals surface area contributed by atoms with Gasteiger partial charge in [-0.15, -0.1) is 11.3 Å². The molecule has 0 atom stereocenters. The normalized spacial score (nSPS) is 16.7. The lowest BCUT2D eigenvalue weighted by Gasteiger charge is -2.32. The number of hydrogen-bond donors (Lipinski definition) is 1. The molecule has 21 heavy (non-hydrogen) atoms. The number of nitrogens with zero attached hydrogens (tertiary/aromatic N) is 3. The van der Waals surface area contributed by atoms with Gasteiger partial charge in [-0.2, -0.15) is 0 Å². The molecule has 108 valence electrons. The second-order valence-electron chi connectivity index (χ2n) is 5.41. The molecule has 0 spiro atoms. The van der Waals surface area contributed by atoms with Crippen LogP contribution in [0.3, 0.4) is 0 Å². The molecule has 1 N–H and O–H groups in total. The first-order valence-electron chi connectivity index (χ1n) is 7.14. The molecule has 1 amide bonds. The highest BCUT2D eigenvalue weighted by molar-refractivity contribution is 7.17. The van der Waals surface area contributed by atoms with Gasteiger partial charge in [0.2, 0.25) is 0 Å². The molecule has 3 aromatic heterocycles. The minimum Gasteiger partial charge on any atom is -0.350 e. The molecule has 1 aliphatic rings. The van der Waals surface area contributed by atoms with E-state index in [9.17, 15) is 4.79 Å². The van der Waals surface area contributed by atoms with Gasteiger partial charge in [0.25, 0.3) is 5.91 Å². The Morgan fingerprint density at radius 2 is 2.24 bits per heavy atom. The topological polar surface area (TPSA) is 53.9 Å². The lowest BCUT2D eigenvalue weighted by Crippen LogP contribution is -2.39. The van der Waals surface area contributed by atoms with Gasteiger partial charge >= 0.3 is 0 Å². The first kappa shape index (κ1) is 12.6. The summed E-state index contributed by atoms with van der Waals surface area (Å²) in [6.45, 7) is 1.60. The molecular weight excluding hydrogens is 284 g/mol. The summed E-state index contributed by atoms with van der Waals surface area (Å²) in [5.74, 6) is 0.113. The van der Waals surface area contributed by atoms with Gasteiger partial charge in [-0.1, -0.05) is 0 Å². The molecule has 4 rings (SSSR count). The molecule has 0 aliphatic carbocycles. The molecule has 0 unspecified atom stereocenters. The third-order valence-corrected chi connectivity index (χ3v) is 5.03. The van der Waals surface area contributed by atoms with E-state index in [1.54, 1.807) is 11.3 Å². The zero-order valence-corrected chi connectivity index (χ0v) is 12.3. The van der Waals surface area contributed by atoms with Crippen molar-refractivity contribution < 1.29 is 4.79 Å². The van der Waals surface area contributed by atoms with Gasteiger partial charge in [0, 0.05) is 31.5 Å². The Balaban J connectivity index is 1.46. The monoisotopic (exact) mass is 300 g/mol. The number of aromatic amines is 1. The Labute approximate surface area is 126 Å². The predicted octanol–water partition coefficient (Wildman–Crippen LogP) is 2.90. The zero-order chi connectivity index (χ0) is 14.2. The van der Waals surface area contributed by atoms with Crippen LogP contribution in [0.1, 0.15) is 29.4 Å². The van der Waals surface area contributed by atoms with Crippen molar-refractivity contribution in [1.82, 2.24) is 19.4 Å². The quantitative estimate of drug-likeness (QED) is 0.791. The molecule has 1 aliphatic heterocycles. The van der Waals surface area contributed by atoms with Crippen molar-refractivity contribution in [3.63, 3.8) is 0 Å². The van der Waals surface area contributed by atoms with Crippen molar-refractivity contribution in [2.75, 3.05) is 13.1 Å². The Morgan fingerprint density at radius 1 is 1.38 bits per heavy atom. The predicted molar refractivity (Wildman–Crippen MR) is 82.6 cm³/mol. The average Bonchev–Trinajstić information content (AvgIpc) is 3.23. The summed E-state index contributed by atoms with van der Waals surface area (Å²) in [6.07, 6.45) is 7.64. The van der Waals surface area contributed by atoms with Crippen LogP contribution in [0.2, 0.25) is 0 Å². The van der Waals surface area contributed by atoms with E-state index in [1.807, 2.05) is 41.1 Å². The highest BCUT2D eigenvalue weighted by atomic mass is 32.1. The van der Waals surface area contributed by atoms with Crippen LogP contribution in [0.4, 0.5) is 0 Å². The Morgan fingerprint density at radius 3 is 2.95 bits per heavy atom. The molecule has 6 heteroatoms. The molecule has 3 aromatic rings. The summed E-state index contributed by atoms with van der Waals surface area (Å²) in [4.78, 5) is 21.8. The largest absolute Gasteiger partial charge is 0.350 e. The number of nitrogens with one attached hydrogen (secondary N) is 1. The number of aromatic nitrogens is 3. The number of likely N-dealkylation sites (tertiary alicyclic amines) is 1. The number of carbonyl (C=O) groups excluding carboxylic acids is 1. The highest BCUT2D eigenvalue weighted by Gasteiger charge is 2.25. The number of fused-ring (bicyclic) bond motifs is 1. The van der Waals surface area contributed by atoms with Crippen molar-refractivity contribution in [3.05, 3.63) is 41.9 Å². The summed E-state index contributed by atoms with van der Waals surface area (Å²) in [7, 11) is 0. The highest BCUT2D eigenvalue weighted by Crippen LogP contribution is 2.25. The van der Waals surface area contributed by atoms with E-state index in [4.69, 9.17) is 0 Å². The number of rotatable bonds is 2. The lowest BCUT2D eigenvalue weighted by atomic mass is 10.0. The molecule has 1 fully saturated rings. The number of imidazole rings is 1. The van der Waals surface area contributed by atoms with Gasteiger partial charge < -0.3 is 14.5 Å². The minimum absolute atomic E-state index is 0.113. The van der Waals surface area contributed by atoms with Crippen molar-refractivity contribution in [2.45, 2.75) is 18.9 Å². The van der Waals surface area contributed by atoms with Gasteiger partial charge in [-0.3, -0.25) is 4.79 Å². The molecule has 0 aromatic carbocycles. The fraction of sp³-hybridized carbons (Fsp3) is 0.333. The number of thiophene rings is 1. The van der Waals surface area contributed by atoms with E-state index in [0.29, 0.717) is 11.7 Å². The van der Waals surface area contributed by atoms with E-state index in [1.165, 1.54) is 0 Å². The maximum Gasteiger partial charge on any atom is 0.270 e. The average molecular weight is 300 g/mol. The summed E-state index contributed by atoms with van der Waals surface area (Å²) < 4.78 is 3.29. The number of carbonyl (C=O) groups is 1. The second kappa shape index (κ2) is 5.04. The van der Waals surface area contributed by atoms with Gasteiger partial charge in [0.05, 0.1) is 16.5 Å². The smallest absolute Gasteiger partial charge is 0.270 e. The fourth-order valence-corrected chi connectivity index (χ4v) is 3.77. The van der Waals surface area contributed by atoms with Crippen molar-refractivity contribution in [3.8, 4) is 0 Å².